The van der Waals surface area contributed by atoms with Crippen molar-refractivity contribution in [3.63, 3.8) is 0 Å². The first-order chi connectivity index (χ1) is 13.1. The van der Waals surface area contributed by atoms with E-state index in [9.17, 15) is 26.4 Å². The Hall–Kier alpha value is -2.59. The summed E-state index contributed by atoms with van der Waals surface area (Å²) in [4.78, 5) is 12.8. The first-order valence-electron chi connectivity index (χ1n) is 8.01. The summed E-state index contributed by atoms with van der Waals surface area (Å²) in [5, 5.41) is 0. The van der Waals surface area contributed by atoms with Crippen molar-refractivity contribution in [2.75, 3.05) is 20.8 Å². The quantitative estimate of drug-likeness (QED) is 0.668. The van der Waals surface area contributed by atoms with E-state index >= 15 is 0 Å². The van der Waals surface area contributed by atoms with Crippen LogP contribution in [0.5, 0.6) is 11.5 Å². The molecule has 0 unspecified atom stereocenters. The molecule has 0 heterocycles. The van der Waals surface area contributed by atoms with Gasteiger partial charge in [0.25, 0.3) is 0 Å². The van der Waals surface area contributed by atoms with Crippen LogP contribution in [0.25, 0.3) is 0 Å². The molecule has 0 spiro atoms. The van der Waals surface area contributed by atoms with Crippen LogP contribution in [-0.2, 0) is 16.4 Å². The average Bonchev–Trinajstić information content (AvgIpc) is 2.66. The molecule has 152 valence electrons. The Balaban J connectivity index is 2.30. The normalized spacial score (nSPS) is 11.9. The van der Waals surface area contributed by atoms with Crippen molar-refractivity contribution < 1.29 is 35.9 Å². The Morgan fingerprint density at radius 3 is 2.21 bits per heavy atom. The van der Waals surface area contributed by atoms with Gasteiger partial charge in [-0.05, 0) is 36.8 Å². The highest BCUT2D eigenvalue weighted by Gasteiger charge is 2.45. The molecule has 0 aliphatic heterocycles. The number of carbonyl (C=O) groups excluding carboxylic acids is 1. The van der Waals surface area contributed by atoms with Crippen LogP contribution in [0.1, 0.15) is 21.5 Å². The maximum atomic E-state index is 12.8. The smallest absolute Gasteiger partial charge is 0.497 e. The van der Waals surface area contributed by atoms with E-state index in [1.807, 2.05) is 0 Å². The third-order valence-corrected chi connectivity index (χ3v) is 5.12. The van der Waals surface area contributed by atoms with E-state index in [1.54, 1.807) is 36.4 Å². The average molecular weight is 417 g/mol. The molecule has 2 aromatic carbocycles. The molecule has 0 saturated heterocycles. The van der Waals surface area contributed by atoms with E-state index < -0.39 is 22.1 Å². The maximum Gasteiger partial charge on any atom is 0.511 e. The Morgan fingerprint density at radius 1 is 1.04 bits per heavy atom. The number of rotatable bonds is 8. The molecular formula is C18H18F3NO5S. The fraction of sp³-hybridized carbons (Fsp3) is 0.278. The third kappa shape index (κ3) is 4.82. The minimum Gasteiger partial charge on any atom is -0.497 e. The molecule has 28 heavy (non-hydrogen) atoms. The number of benzene rings is 2. The van der Waals surface area contributed by atoms with Crippen molar-refractivity contribution in [1.82, 2.24) is 4.72 Å². The van der Waals surface area contributed by atoms with Gasteiger partial charge in [-0.1, -0.05) is 12.1 Å². The number of halogens is 3. The van der Waals surface area contributed by atoms with Gasteiger partial charge in [0.05, 0.1) is 14.2 Å². The Bertz CT molecular complexity index is 941. The molecule has 2 aromatic rings. The van der Waals surface area contributed by atoms with Crippen LogP contribution in [0, 0.1) is 0 Å². The molecule has 0 aliphatic carbocycles. The van der Waals surface area contributed by atoms with Gasteiger partial charge in [0.2, 0.25) is 0 Å². The number of ketones is 1. The zero-order valence-electron chi connectivity index (χ0n) is 15.0. The Kier molecular flexibility index (Phi) is 6.68. The minimum absolute atomic E-state index is 0.170. The summed E-state index contributed by atoms with van der Waals surface area (Å²) in [6.07, 6.45) is -0.170. The number of nitrogens with one attached hydrogen (secondary N) is 1. The van der Waals surface area contributed by atoms with Crippen LogP contribution < -0.4 is 14.2 Å². The van der Waals surface area contributed by atoms with Crippen molar-refractivity contribution >= 4 is 15.8 Å². The van der Waals surface area contributed by atoms with Crippen molar-refractivity contribution in [1.29, 1.82) is 0 Å². The number of hydrogen-bond donors (Lipinski definition) is 1. The van der Waals surface area contributed by atoms with Crippen LogP contribution in [0.3, 0.4) is 0 Å². The molecule has 0 bridgehead atoms. The van der Waals surface area contributed by atoms with Crippen LogP contribution >= 0.6 is 0 Å². The lowest BCUT2D eigenvalue weighted by Gasteiger charge is -2.15. The summed E-state index contributed by atoms with van der Waals surface area (Å²) < 4.78 is 71.4. The number of alkyl halides is 3. The lowest BCUT2D eigenvalue weighted by atomic mass is 9.95. The fourth-order valence-corrected chi connectivity index (χ4v) is 3.05. The molecule has 0 aliphatic rings. The standard InChI is InChI=1S/C18H18F3NO5S/c1-26-13-8-6-12(7-9-13)17(23)15-4-3-5-16(27-2)14(15)10-11-22-28(24,25)18(19,20)21/h3-9,22H,10-11H2,1-2H3. The molecule has 2 rings (SSSR count). The van der Waals surface area contributed by atoms with Crippen LogP contribution in [0.2, 0.25) is 0 Å². The second-order valence-electron chi connectivity index (χ2n) is 5.64. The molecule has 0 amide bonds. The Labute approximate surface area is 160 Å². The van der Waals surface area contributed by atoms with Gasteiger partial charge in [0.1, 0.15) is 11.5 Å². The van der Waals surface area contributed by atoms with Crippen LogP contribution in [0.4, 0.5) is 13.2 Å². The summed E-state index contributed by atoms with van der Waals surface area (Å²) in [6, 6.07) is 10.9. The minimum atomic E-state index is -5.47. The van der Waals surface area contributed by atoms with Gasteiger partial charge >= 0.3 is 15.5 Å². The predicted molar refractivity (Wildman–Crippen MR) is 96.1 cm³/mol. The molecular weight excluding hydrogens is 399 g/mol. The van der Waals surface area contributed by atoms with Gasteiger partial charge in [0.15, 0.2) is 5.78 Å². The highest BCUT2D eigenvalue weighted by atomic mass is 32.2. The molecule has 0 aromatic heterocycles. The molecule has 6 nitrogen and oxygen atoms in total. The number of hydrogen-bond acceptors (Lipinski definition) is 5. The second-order valence-corrected chi connectivity index (χ2v) is 7.40. The monoisotopic (exact) mass is 417 g/mol. The van der Waals surface area contributed by atoms with Gasteiger partial charge in [-0.3, -0.25) is 4.79 Å². The fourth-order valence-electron chi connectivity index (χ4n) is 2.52. The van der Waals surface area contributed by atoms with E-state index in [-0.39, 0.29) is 23.5 Å². The summed E-state index contributed by atoms with van der Waals surface area (Å²) >= 11 is 0. The van der Waals surface area contributed by atoms with E-state index in [1.165, 1.54) is 25.0 Å². The van der Waals surface area contributed by atoms with E-state index in [4.69, 9.17) is 9.47 Å². The van der Waals surface area contributed by atoms with Gasteiger partial charge in [-0.2, -0.15) is 13.2 Å². The second kappa shape index (κ2) is 8.61. The predicted octanol–water partition coefficient (Wildman–Crippen LogP) is 2.92. The van der Waals surface area contributed by atoms with Gasteiger partial charge in [-0.25, -0.2) is 13.1 Å². The number of methoxy groups -OCH3 is 2. The summed E-state index contributed by atoms with van der Waals surface area (Å²) in [5.74, 6) is 0.449. The van der Waals surface area contributed by atoms with Gasteiger partial charge in [-0.15, -0.1) is 0 Å². The molecule has 0 saturated carbocycles. The zero-order chi connectivity index (χ0) is 20.9. The van der Waals surface area contributed by atoms with E-state index in [0.717, 1.165) is 0 Å². The Morgan fingerprint density at radius 2 is 1.68 bits per heavy atom. The lowest BCUT2D eigenvalue weighted by molar-refractivity contribution is -0.0447. The summed E-state index contributed by atoms with van der Waals surface area (Å²) in [6.45, 7) is -0.550. The van der Waals surface area contributed by atoms with Crippen molar-refractivity contribution in [2.24, 2.45) is 0 Å². The zero-order valence-corrected chi connectivity index (χ0v) is 15.9. The van der Waals surface area contributed by atoms with Crippen LogP contribution in [-0.4, -0.2) is 40.5 Å². The van der Waals surface area contributed by atoms with E-state index in [0.29, 0.717) is 16.9 Å². The van der Waals surface area contributed by atoms with Crippen molar-refractivity contribution in [2.45, 2.75) is 11.9 Å². The molecule has 0 fully saturated rings. The molecule has 0 radical (unpaired) electrons. The van der Waals surface area contributed by atoms with Gasteiger partial charge in [0, 0.05) is 23.2 Å². The van der Waals surface area contributed by atoms with Crippen LogP contribution in [0.15, 0.2) is 42.5 Å². The topological polar surface area (TPSA) is 81.7 Å². The summed E-state index contributed by atoms with van der Waals surface area (Å²) in [7, 11) is -2.64. The van der Waals surface area contributed by atoms with E-state index in [2.05, 4.69) is 0 Å². The SMILES string of the molecule is COc1ccc(C(=O)c2cccc(OC)c2CCNS(=O)(=O)C(F)(F)F)cc1. The first kappa shape index (κ1) is 21.7. The molecule has 1 N–H and O–H groups in total. The number of carbonyl (C=O) groups is 1. The van der Waals surface area contributed by atoms with Crippen molar-refractivity contribution in [3.05, 3.63) is 59.2 Å². The molecule has 0 atom stereocenters. The first-order valence-corrected chi connectivity index (χ1v) is 9.49. The van der Waals surface area contributed by atoms with Gasteiger partial charge < -0.3 is 9.47 Å². The highest BCUT2D eigenvalue weighted by Crippen LogP contribution is 2.26. The highest BCUT2D eigenvalue weighted by molar-refractivity contribution is 7.90. The number of ether oxygens (including phenoxy) is 2. The maximum absolute atomic E-state index is 12.8. The third-order valence-electron chi connectivity index (χ3n) is 3.92. The molecule has 10 heteroatoms. The van der Waals surface area contributed by atoms with Crippen molar-refractivity contribution in [3.8, 4) is 11.5 Å². The summed E-state index contributed by atoms with van der Waals surface area (Å²) in [5.41, 5.74) is -4.56. The lowest BCUT2D eigenvalue weighted by Crippen LogP contribution is -2.37. The largest absolute Gasteiger partial charge is 0.511 e. The number of sulfonamides is 1.